The molecule has 0 aromatic heterocycles. The maximum atomic E-state index is 2.42. The van der Waals surface area contributed by atoms with Crippen molar-refractivity contribution in [3.63, 3.8) is 0 Å². The lowest BCUT2D eigenvalue weighted by atomic mass is 9.84. The Kier molecular flexibility index (Phi) is 2.85. The van der Waals surface area contributed by atoms with Crippen LogP contribution in [0.1, 0.15) is 22.3 Å². The van der Waals surface area contributed by atoms with Gasteiger partial charge in [0.2, 0.25) is 0 Å². The lowest BCUT2D eigenvalue weighted by molar-refractivity contribution is 1.21. The molecule has 0 heteroatoms. The summed E-state index contributed by atoms with van der Waals surface area (Å²) in [6.45, 7) is 0. The molecule has 0 fully saturated rings. The molecule has 0 saturated carbocycles. The first-order chi connectivity index (χ1) is 19.8. The van der Waals surface area contributed by atoms with Crippen LogP contribution in [-0.2, 0) is 12.8 Å². The monoisotopic (exact) mass is 500 g/mol. The summed E-state index contributed by atoms with van der Waals surface area (Å²) < 4.78 is 0. The van der Waals surface area contributed by atoms with Crippen LogP contribution in [-0.4, -0.2) is 0 Å². The first kappa shape index (κ1) is 19.2. The van der Waals surface area contributed by atoms with Gasteiger partial charge in [-0.15, -0.1) is 0 Å². The highest BCUT2D eigenvalue weighted by Gasteiger charge is 2.27. The second-order valence-corrected chi connectivity index (χ2v) is 12.4. The second kappa shape index (κ2) is 5.96. The molecule has 0 N–H and O–H groups in total. The van der Waals surface area contributed by atoms with E-state index >= 15 is 0 Å². The lowest BCUT2D eigenvalue weighted by Crippen LogP contribution is -2.00. The Morgan fingerprint density at radius 1 is 0.225 bits per heavy atom. The minimum atomic E-state index is 0.985. The fraction of sp³-hybridized carbons (Fsp3) is 0.0500. The van der Waals surface area contributed by atoms with E-state index in [1.807, 2.05) is 0 Å². The van der Waals surface area contributed by atoms with Gasteiger partial charge in [0.15, 0.2) is 0 Å². The quantitative estimate of drug-likeness (QED) is 0.182. The van der Waals surface area contributed by atoms with Crippen LogP contribution in [0.25, 0.3) is 86.2 Å². The third-order valence-corrected chi connectivity index (χ3v) is 10.7. The highest BCUT2D eigenvalue weighted by molar-refractivity contribution is 6.35. The van der Waals surface area contributed by atoms with Gasteiger partial charge in [0.1, 0.15) is 0 Å². The Balaban J connectivity index is 1.70. The van der Waals surface area contributed by atoms with E-state index in [1.165, 1.54) is 119 Å². The number of rotatable bonds is 0. The fourth-order valence-electron chi connectivity index (χ4n) is 9.16. The standard InChI is InChI=1S/C40H20/c1-5-21-9-13-25-17-27-15-11-23-7-3-20-4-8-24-12-16-28-18-26-14-10-22-6-2-19(1)29-31(21)35(25)39-37(27)33(23)30(20)34(24)38(28)40(39)36(26)32(22)29/h1-16H,17-18H2. The smallest absolute Gasteiger partial charge is 0.000744 e. The van der Waals surface area contributed by atoms with Crippen LogP contribution in [0.2, 0.25) is 0 Å². The van der Waals surface area contributed by atoms with Gasteiger partial charge >= 0.3 is 0 Å². The summed E-state index contributed by atoms with van der Waals surface area (Å²) in [7, 11) is 0. The topological polar surface area (TPSA) is 0 Å². The molecular weight excluding hydrogens is 480 g/mol. The molecule has 0 radical (unpaired) electrons. The van der Waals surface area contributed by atoms with Gasteiger partial charge in [-0.25, -0.2) is 0 Å². The molecule has 4 aliphatic rings. The summed E-state index contributed by atoms with van der Waals surface area (Å²) in [4.78, 5) is 0. The third kappa shape index (κ3) is 1.86. The summed E-state index contributed by atoms with van der Waals surface area (Å²) >= 11 is 0. The van der Waals surface area contributed by atoms with Crippen LogP contribution in [0, 0.1) is 10.4 Å². The zero-order valence-electron chi connectivity index (χ0n) is 21.7. The minimum Gasteiger partial charge on any atom is -0.0574 e. The molecule has 8 aromatic carbocycles. The third-order valence-electron chi connectivity index (χ3n) is 10.7. The molecule has 180 valence electrons. The molecule has 12 rings (SSSR count). The van der Waals surface area contributed by atoms with Gasteiger partial charge in [0.25, 0.3) is 0 Å². The van der Waals surface area contributed by atoms with Crippen LogP contribution >= 0.6 is 0 Å². The van der Waals surface area contributed by atoms with Gasteiger partial charge in [-0.3, -0.25) is 0 Å². The molecule has 0 aliphatic heterocycles. The Hall–Kier alpha value is -4.94. The molecule has 0 heterocycles. The van der Waals surface area contributed by atoms with Crippen molar-refractivity contribution >= 4 is 86.2 Å². The van der Waals surface area contributed by atoms with Crippen LogP contribution in [0.4, 0.5) is 0 Å². The van der Waals surface area contributed by atoms with E-state index in [0.717, 1.165) is 12.8 Å². The van der Waals surface area contributed by atoms with Crippen molar-refractivity contribution in [2.45, 2.75) is 12.8 Å². The van der Waals surface area contributed by atoms with Crippen molar-refractivity contribution in [2.24, 2.45) is 0 Å². The Labute approximate surface area is 228 Å². The van der Waals surface area contributed by atoms with Crippen molar-refractivity contribution < 1.29 is 0 Å². The zero-order valence-corrected chi connectivity index (χ0v) is 21.7. The number of hydrogen-bond donors (Lipinski definition) is 0. The van der Waals surface area contributed by atoms with Gasteiger partial charge in [-0.2, -0.15) is 0 Å². The normalized spacial score (nSPS) is 14.3. The van der Waals surface area contributed by atoms with Crippen LogP contribution in [0.5, 0.6) is 0 Å². The first-order valence-corrected chi connectivity index (χ1v) is 14.4. The van der Waals surface area contributed by atoms with E-state index in [2.05, 4.69) is 97.1 Å². The maximum Gasteiger partial charge on any atom is -0.000744 e. The highest BCUT2D eigenvalue weighted by atomic mass is 14.3. The molecule has 0 nitrogen and oxygen atoms in total. The average Bonchev–Trinajstić information content (AvgIpc) is 3.24. The molecule has 8 aromatic rings. The van der Waals surface area contributed by atoms with Crippen molar-refractivity contribution in [3.8, 4) is 0 Å². The summed E-state index contributed by atoms with van der Waals surface area (Å²) in [6, 6.07) is 38.0. The van der Waals surface area contributed by atoms with E-state index in [4.69, 9.17) is 0 Å². The Bertz CT molecular complexity index is 2520. The van der Waals surface area contributed by atoms with Gasteiger partial charge in [0.05, 0.1) is 0 Å². The summed E-state index contributed by atoms with van der Waals surface area (Å²) in [5.41, 5.74) is 5.88. The van der Waals surface area contributed by atoms with Crippen LogP contribution in [0.3, 0.4) is 0 Å². The second-order valence-electron chi connectivity index (χ2n) is 12.4. The van der Waals surface area contributed by atoms with Crippen molar-refractivity contribution in [2.75, 3.05) is 0 Å². The van der Waals surface area contributed by atoms with Crippen molar-refractivity contribution in [1.82, 2.24) is 0 Å². The number of hydrogen-bond acceptors (Lipinski definition) is 0. The predicted octanol–water partition coefficient (Wildman–Crippen LogP) is 10.3. The summed E-state index contributed by atoms with van der Waals surface area (Å²) in [6.07, 6.45) is 1.97. The van der Waals surface area contributed by atoms with Crippen LogP contribution < -0.4 is 0 Å². The maximum absolute atomic E-state index is 2.42. The lowest BCUT2D eigenvalue weighted by Gasteiger charge is -2.19. The molecule has 0 saturated heterocycles. The molecule has 0 unspecified atom stereocenters. The Morgan fingerprint density at radius 2 is 0.425 bits per heavy atom. The molecule has 4 aliphatic carbocycles. The molecule has 40 heavy (non-hydrogen) atoms. The summed E-state index contributed by atoms with van der Waals surface area (Å²) in [5.74, 6) is 0. The molecule has 0 amide bonds. The summed E-state index contributed by atoms with van der Waals surface area (Å²) in [5, 5.41) is 25.8. The highest BCUT2D eigenvalue weighted by Crippen LogP contribution is 2.50. The van der Waals surface area contributed by atoms with Crippen molar-refractivity contribution in [3.05, 3.63) is 130 Å². The largest absolute Gasteiger partial charge is 0.0574 e. The van der Waals surface area contributed by atoms with Gasteiger partial charge < -0.3 is 0 Å². The van der Waals surface area contributed by atoms with Crippen molar-refractivity contribution in [1.29, 1.82) is 0 Å². The van der Waals surface area contributed by atoms with Gasteiger partial charge in [-0.1, -0.05) is 97.1 Å². The number of benzene rings is 8. The van der Waals surface area contributed by atoms with E-state index in [9.17, 15) is 0 Å². The SMILES string of the molecule is c1cc2ccc3ccc4ccc5c6c7c8c(ccc9ccc%10ccc%11ccc%12c(c=7c(c1C%12)c2c3c46)c%11c%10c98)C5. The predicted molar refractivity (Wildman–Crippen MR) is 170 cm³/mol. The minimum absolute atomic E-state index is 0.985. The molecule has 0 atom stereocenters. The molecular formula is C40H20. The Morgan fingerprint density at radius 3 is 0.675 bits per heavy atom. The molecule has 0 spiro atoms. The molecule has 0 bridgehead atoms. The van der Waals surface area contributed by atoms with Gasteiger partial charge in [0, 0.05) is 0 Å². The zero-order chi connectivity index (χ0) is 25.4. The first-order valence-electron chi connectivity index (χ1n) is 14.4. The van der Waals surface area contributed by atoms with E-state index < -0.39 is 0 Å². The fourth-order valence-corrected chi connectivity index (χ4v) is 9.16. The average molecular weight is 501 g/mol. The van der Waals surface area contributed by atoms with E-state index in [0.29, 0.717) is 0 Å². The van der Waals surface area contributed by atoms with E-state index in [-0.39, 0.29) is 0 Å². The van der Waals surface area contributed by atoms with E-state index in [1.54, 1.807) is 0 Å². The van der Waals surface area contributed by atoms with Gasteiger partial charge in [-0.05, 0) is 132 Å². The van der Waals surface area contributed by atoms with Crippen LogP contribution in [0.15, 0.2) is 97.1 Å².